The van der Waals surface area contributed by atoms with Crippen LogP contribution in [0.5, 0.6) is 0 Å². The number of hydrogen-bond donors (Lipinski definition) is 1. The number of aryl methyl sites for hydroxylation is 1. The third-order valence-corrected chi connectivity index (χ3v) is 7.44. The van der Waals surface area contributed by atoms with Crippen molar-refractivity contribution in [1.29, 1.82) is 0 Å². The molecule has 2 amide bonds. The molecular formula is C29H40N4O4. The molecular weight excluding hydrogens is 468 g/mol. The van der Waals surface area contributed by atoms with E-state index < -0.39 is 0 Å². The second-order valence-corrected chi connectivity index (χ2v) is 10.9. The number of hydrogen-bond acceptors (Lipinski definition) is 6. The van der Waals surface area contributed by atoms with Crippen LogP contribution in [-0.4, -0.2) is 60.5 Å². The van der Waals surface area contributed by atoms with Gasteiger partial charge in [-0.15, -0.1) is 0 Å². The van der Waals surface area contributed by atoms with Crippen molar-refractivity contribution in [2.75, 3.05) is 43.0 Å². The van der Waals surface area contributed by atoms with Gasteiger partial charge in [0.1, 0.15) is 5.82 Å². The predicted molar refractivity (Wildman–Crippen MR) is 145 cm³/mol. The molecule has 8 nitrogen and oxygen atoms in total. The molecule has 2 aliphatic rings. The topological polar surface area (TPSA) is 91.8 Å². The Morgan fingerprint density at radius 2 is 1.84 bits per heavy atom. The number of ether oxygens (including phenoxy) is 1. The van der Waals surface area contributed by atoms with E-state index in [1.807, 2.05) is 18.2 Å². The lowest BCUT2D eigenvalue weighted by Crippen LogP contribution is -2.43. The number of nitrogens with one attached hydrogen (secondary N) is 1. The van der Waals surface area contributed by atoms with Gasteiger partial charge in [0.05, 0.1) is 18.0 Å². The van der Waals surface area contributed by atoms with Crippen molar-refractivity contribution in [2.24, 2.45) is 17.8 Å². The van der Waals surface area contributed by atoms with Gasteiger partial charge in [-0.3, -0.25) is 14.4 Å². The van der Waals surface area contributed by atoms with E-state index in [0.717, 1.165) is 48.2 Å². The molecule has 0 saturated carbocycles. The molecule has 1 N–H and O–H groups in total. The van der Waals surface area contributed by atoms with Gasteiger partial charge in [0.15, 0.2) is 0 Å². The molecule has 37 heavy (non-hydrogen) atoms. The van der Waals surface area contributed by atoms with E-state index in [1.165, 1.54) is 6.42 Å². The third-order valence-electron chi connectivity index (χ3n) is 7.44. The van der Waals surface area contributed by atoms with E-state index in [-0.39, 0.29) is 36.5 Å². The fraction of sp³-hybridized carbons (Fsp3) is 0.586. The van der Waals surface area contributed by atoms with E-state index in [2.05, 4.69) is 37.1 Å². The molecule has 0 radical (unpaired) electrons. The van der Waals surface area contributed by atoms with E-state index in [4.69, 9.17) is 9.72 Å². The Kier molecular flexibility index (Phi) is 8.67. The number of carbonyl (C=O) groups is 3. The molecule has 0 spiro atoms. The fourth-order valence-electron chi connectivity index (χ4n) is 5.72. The summed E-state index contributed by atoms with van der Waals surface area (Å²) in [5.74, 6) is 1.50. The average molecular weight is 509 g/mol. The van der Waals surface area contributed by atoms with Crippen molar-refractivity contribution in [3.05, 3.63) is 29.8 Å². The maximum Gasteiger partial charge on any atom is 0.310 e. The van der Waals surface area contributed by atoms with E-state index in [1.54, 1.807) is 11.8 Å². The van der Waals surface area contributed by atoms with Gasteiger partial charge in [-0.1, -0.05) is 13.8 Å². The van der Waals surface area contributed by atoms with Crippen LogP contribution >= 0.6 is 0 Å². The minimum Gasteiger partial charge on any atom is -0.466 e. The molecule has 2 aromatic rings. The summed E-state index contributed by atoms with van der Waals surface area (Å²) in [6.45, 7) is 11.8. The van der Waals surface area contributed by atoms with Crippen molar-refractivity contribution in [2.45, 2.75) is 59.8 Å². The Hall–Kier alpha value is -3.16. The van der Waals surface area contributed by atoms with Crippen LogP contribution in [0.1, 0.15) is 58.4 Å². The smallest absolute Gasteiger partial charge is 0.310 e. The average Bonchev–Trinajstić information content (AvgIpc) is 2.87. The number of benzene rings is 1. The first kappa shape index (κ1) is 26.9. The Balaban J connectivity index is 1.34. The monoisotopic (exact) mass is 508 g/mol. The molecule has 2 aliphatic heterocycles. The largest absolute Gasteiger partial charge is 0.466 e. The summed E-state index contributed by atoms with van der Waals surface area (Å²) in [7, 11) is 0. The second-order valence-electron chi connectivity index (χ2n) is 10.9. The molecule has 2 saturated heterocycles. The number of anilines is 2. The first-order valence-corrected chi connectivity index (χ1v) is 13.6. The number of esters is 1. The highest BCUT2D eigenvalue weighted by atomic mass is 16.5. The molecule has 0 aliphatic carbocycles. The van der Waals surface area contributed by atoms with Crippen LogP contribution in [0, 0.1) is 24.7 Å². The number of aromatic nitrogens is 1. The van der Waals surface area contributed by atoms with E-state index in [0.29, 0.717) is 37.2 Å². The lowest BCUT2D eigenvalue weighted by Gasteiger charge is -2.36. The normalized spacial score (nSPS) is 22.1. The van der Waals surface area contributed by atoms with E-state index in [9.17, 15) is 14.4 Å². The highest BCUT2D eigenvalue weighted by molar-refractivity contribution is 5.96. The maximum absolute atomic E-state index is 12.7. The highest BCUT2D eigenvalue weighted by Gasteiger charge is 2.29. The number of carbonyl (C=O) groups excluding carboxylic acids is 3. The summed E-state index contributed by atoms with van der Waals surface area (Å²) in [6.07, 6.45) is 2.97. The van der Waals surface area contributed by atoms with Crippen molar-refractivity contribution < 1.29 is 19.1 Å². The summed E-state index contributed by atoms with van der Waals surface area (Å²) >= 11 is 0. The number of likely N-dealkylation sites (tertiary alicyclic amines) is 1. The van der Waals surface area contributed by atoms with Gasteiger partial charge in [-0.05, 0) is 74.8 Å². The van der Waals surface area contributed by atoms with Crippen molar-refractivity contribution in [1.82, 2.24) is 9.88 Å². The standard InChI is InChI=1S/C29H40N4O4/c1-5-37-29(36)22-7-6-12-32(18-22)28(35)11-10-27(34)30-23-8-9-25-24(15-23)21(4)14-26(31-25)33-16-19(2)13-20(3)17-33/h8-9,14-15,19-20,22H,5-7,10-13,16-18H2,1-4H3,(H,30,34)/t19-,20+,22-/m1/s1. The number of amides is 2. The van der Waals surface area contributed by atoms with E-state index >= 15 is 0 Å². The van der Waals surface area contributed by atoms with Crippen molar-refractivity contribution >= 4 is 40.2 Å². The SMILES string of the molecule is CCOC(=O)[C@@H]1CCCN(C(=O)CCC(=O)Nc2ccc3nc(N4C[C@H](C)C[C@H](C)C4)cc(C)c3c2)C1. The molecule has 1 aromatic carbocycles. The Bertz CT molecular complexity index is 1140. The Labute approximate surface area is 219 Å². The minimum atomic E-state index is -0.275. The van der Waals surface area contributed by atoms with Crippen LogP contribution in [0.2, 0.25) is 0 Å². The molecule has 3 atom stereocenters. The van der Waals surface area contributed by atoms with Gasteiger partial charge in [-0.2, -0.15) is 0 Å². The summed E-state index contributed by atoms with van der Waals surface area (Å²) < 4.78 is 5.11. The zero-order valence-electron chi connectivity index (χ0n) is 22.6. The van der Waals surface area contributed by atoms with Crippen LogP contribution in [-0.2, 0) is 19.1 Å². The predicted octanol–water partition coefficient (Wildman–Crippen LogP) is 4.55. The molecule has 8 heteroatoms. The Morgan fingerprint density at radius 3 is 2.57 bits per heavy atom. The summed E-state index contributed by atoms with van der Waals surface area (Å²) in [6, 6.07) is 7.91. The van der Waals surface area contributed by atoms with Gasteiger partial charge in [0, 0.05) is 50.1 Å². The fourth-order valence-corrected chi connectivity index (χ4v) is 5.72. The molecule has 0 unspecified atom stereocenters. The van der Waals surface area contributed by atoms with Crippen LogP contribution in [0.25, 0.3) is 10.9 Å². The molecule has 1 aromatic heterocycles. The summed E-state index contributed by atoms with van der Waals surface area (Å²) in [5.41, 5.74) is 2.73. The third kappa shape index (κ3) is 6.79. The highest BCUT2D eigenvalue weighted by Crippen LogP contribution is 2.29. The van der Waals surface area contributed by atoms with Crippen LogP contribution in [0.4, 0.5) is 11.5 Å². The van der Waals surface area contributed by atoms with Gasteiger partial charge in [-0.25, -0.2) is 4.98 Å². The molecule has 3 heterocycles. The van der Waals surface area contributed by atoms with Crippen LogP contribution < -0.4 is 10.2 Å². The quantitative estimate of drug-likeness (QED) is 0.552. The Morgan fingerprint density at radius 1 is 1.08 bits per heavy atom. The minimum absolute atomic E-state index is 0.0962. The first-order chi connectivity index (χ1) is 17.7. The lowest BCUT2D eigenvalue weighted by molar-refractivity contribution is -0.151. The number of fused-ring (bicyclic) bond motifs is 1. The number of piperidine rings is 2. The second kappa shape index (κ2) is 11.9. The first-order valence-electron chi connectivity index (χ1n) is 13.6. The number of nitrogens with zero attached hydrogens (tertiary/aromatic N) is 3. The molecule has 4 rings (SSSR count). The number of pyridine rings is 1. The van der Waals surface area contributed by atoms with Crippen LogP contribution in [0.15, 0.2) is 24.3 Å². The lowest BCUT2D eigenvalue weighted by atomic mass is 9.92. The zero-order chi connectivity index (χ0) is 26.5. The molecule has 0 bridgehead atoms. The van der Waals surface area contributed by atoms with Gasteiger partial charge in [0.25, 0.3) is 0 Å². The van der Waals surface area contributed by atoms with Crippen molar-refractivity contribution in [3.63, 3.8) is 0 Å². The van der Waals surface area contributed by atoms with Crippen LogP contribution in [0.3, 0.4) is 0 Å². The van der Waals surface area contributed by atoms with Gasteiger partial charge in [0.2, 0.25) is 11.8 Å². The van der Waals surface area contributed by atoms with Gasteiger partial charge >= 0.3 is 5.97 Å². The molecule has 200 valence electrons. The van der Waals surface area contributed by atoms with Gasteiger partial charge < -0.3 is 19.9 Å². The zero-order valence-corrected chi connectivity index (χ0v) is 22.6. The summed E-state index contributed by atoms with van der Waals surface area (Å²) in [5, 5.41) is 3.94. The maximum atomic E-state index is 12.7. The van der Waals surface area contributed by atoms with Crippen molar-refractivity contribution in [3.8, 4) is 0 Å². The summed E-state index contributed by atoms with van der Waals surface area (Å²) in [4.78, 5) is 46.3. The molecule has 2 fully saturated rings. The number of rotatable bonds is 7.